The molecular formula is C11H11FO4. The predicted molar refractivity (Wildman–Crippen MR) is 53.5 cm³/mol. The zero-order valence-electron chi connectivity index (χ0n) is 8.79. The van der Waals surface area contributed by atoms with Gasteiger partial charge in [-0.05, 0) is 12.5 Å². The lowest BCUT2D eigenvalue weighted by Crippen LogP contribution is -1.97. The van der Waals surface area contributed by atoms with E-state index in [0.717, 1.165) is 6.29 Å². The topological polar surface area (TPSA) is 44.8 Å². The van der Waals surface area contributed by atoms with E-state index in [4.69, 9.17) is 14.2 Å². The first-order valence-electron chi connectivity index (χ1n) is 4.86. The second-order valence-corrected chi connectivity index (χ2v) is 3.32. The average Bonchev–Trinajstić information content (AvgIpc) is 2.75. The minimum absolute atomic E-state index is 0.00649. The van der Waals surface area contributed by atoms with Crippen molar-refractivity contribution < 1.29 is 23.4 Å². The van der Waals surface area contributed by atoms with Crippen LogP contribution in [0.3, 0.4) is 0 Å². The van der Waals surface area contributed by atoms with Crippen LogP contribution in [0.15, 0.2) is 6.07 Å². The first kappa shape index (κ1) is 10.7. The van der Waals surface area contributed by atoms with Crippen LogP contribution in [0.4, 0.5) is 4.39 Å². The van der Waals surface area contributed by atoms with Gasteiger partial charge in [-0.15, -0.1) is 0 Å². The summed E-state index contributed by atoms with van der Waals surface area (Å²) in [4.78, 5) is 10.3. The molecule has 0 bridgehead atoms. The van der Waals surface area contributed by atoms with Crippen LogP contribution in [0.5, 0.6) is 17.2 Å². The number of hydrogen-bond donors (Lipinski definition) is 0. The standard InChI is InChI=1S/C11H11FO4/c1-14-10-7(3-2-4-13)5-8-11(9(10)12)16-6-15-8/h4-5H,2-3,6H2,1H3. The van der Waals surface area contributed by atoms with Crippen LogP contribution in [0.1, 0.15) is 12.0 Å². The Morgan fingerprint density at radius 2 is 2.38 bits per heavy atom. The number of carbonyl (C=O) groups excluding carboxylic acids is 1. The van der Waals surface area contributed by atoms with E-state index in [0.29, 0.717) is 24.2 Å². The van der Waals surface area contributed by atoms with Crippen molar-refractivity contribution in [1.82, 2.24) is 0 Å². The maximum atomic E-state index is 13.8. The van der Waals surface area contributed by atoms with Gasteiger partial charge in [0.05, 0.1) is 7.11 Å². The summed E-state index contributed by atoms with van der Waals surface area (Å²) in [5.74, 6) is -0.0181. The van der Waals surface area contributed by atoms with Crippen molar-refractivity contribution in [1.29, 1.82) is 0 Å². The van der Waals surface area contributed by atoms with E-state index in [-0.39, 0.29) is 18.3 Å². The highest BCUT2D eigenvalue weighted by Crippen LogP contribution is 2.42. The molecule has 1 aliphatic rings. The van der Waals surface area contributed by atoms with Crippen LogP contribution in [0.2, 0.25) is 0 Å². The highest BCUT2D eigenvalue weighted by molar-refractivity contribution is 5.56. The Morgan fingerprint density at radius 3 is 3.06 bits per heavy atom. The highest BCUT2D eigenvalue weighted by Gasteiger charge is 2.25. The van der Waals surface area contributed by atoms with Crippen LogP contribution in [-0.4, -0.2) is 20.2 Å². The van der Waals surface area contributed by atoms with Crippen molar-refractivity contribution >= 4 is 6.29 Å². The molecule has 16 heavy (non-hydrogen) atoms. The van der Waals surface area contributed by atoms with Gasteiger partial charge in [-0.3, -0.25) is 0 Å². The average molecular weight is 226 g/mol. The Kier molecular flexibility index (Phi) is 2.94. The number of rotatable bonds is 4. The molecule has 0 spiro atoms. The molecular weight excluding hydrogens is 215 g/mol. The lowest BCUT2D eigenvalue weighted by atomic mass is 10.1. The summed E-state index contributed by atoms with van der Waals surface area (Å²) in [7, 11) is 1.38. The highest BCUT2D eigenvalue weighted by atomic mass is 19.1. The third-order valence-electron chi connectivity index (χ3n) is 2.37. The molecule has 0 aliphatic carbocycles. The van der Waals surface area contributed by atoms with Gasteiger partial charge in [0.1, 0.15) is 6.29 Å². The summed E-state index contributed by atoms with van der Waals surface area (Å²) in [5.41, 5.74) is 0.608. The number of ether oxygens (including phenoxy) is 3. The number of carbonyl (C=O) groups is 1. The van der Waals surface area contributed by atoms with Crippen molar-refractivity contribution in [3.05, 3.63) is 17.4 Å². The van der Waals surface area contributed by atoms with E-state index in [1.807, 2.05) is 0 Å². The maximum absolute atomic E-state index is 13.8. The first-order chi connectivity index (χ1) is 7.77. The lowest BCUT2D eigenvalue weighted by Gasteiger charge is -2.10. The number of benzene rings is 1. The summed E-state index contributed by atoms with van der Waals surface area (Å²) >= 11 is 0. The molecule has 1 aliphatic heterocycles. The van der Waals surface area contributed by atoms with Gasteiger partial charge in [-0.2, -0.15) is 4.39 Å². The van der Waals surface area contributed by atoms with Gasteiger partial charge in [-0.25, -0.2) is 0 Å². The molecule has 0 aromatic heterocycles. The van der Waals surface area contributed by atoms with E-state index in [9.17, 15) is 9.18 Å². The largest absolute Gasteiger partial charge is 0.493 e. The summed E-state index contributed by atoms with van der Waals surface area (Å²) in [6.45, 7) is 0.00649. The third-order valence-corrected chi connectivity index (χ3v) is 2.37. The Balaban J connectivity index is 2.43. The number of halogens is 1. The molecule has 1 aromatic rings. The van der Waals surface area contributed by atoms with Gasteiger partial charge in [0.15, 0.2) is 11.5 Å². The summed E-state index contributed by atoms with van der Waals surface area (Å²) in [6.07, 6.45) is 1.51. The molecule has 0 atom stereocenters. The molecule has 0 unspecified atom stereocenters. The summed E-state index contributed by atoms with van der Waals surface area (Å²) in [6, 6.07) is 1.65. The van der Waals surface area contributed by atoms with Crippen molar-refractivity contribution in [2.75, 3.05) is 13.9 Å². The van der Waals surface area contributed by atoms with Gasteiger partial charge in [0, 0.05) is 12.0 Å². The fourth-order valence-electron chi connectivity index (χ4n) is 1.66. The first-order valence-corrected chi connectivity index (χ1v) is 4.86. The molecule has 0 amide bonds. The smallest absolute Gasteiger partial charge is 0.231 e. The molecule has 2 rings (SSSR count). The lowest BCUT2D eigenvalue weighted by molar-refractivity contribution is -0.107. The zero-order valence-corrected chi connectivity index (χ0v) is 8.79. The van der Waals surface area contributed by atoms with Gasteiger partial charge in [-0.1, -0.05) is 0 Å². The minimum atomic E-state index is -0.571. The van der Waals surface area contributed by atoms with Gasteiger partial charge in [0.2, 0.25) is 18.4 Å². The van der Waals surface area contributed by atoms with Crippen LogP contribution >= 0.6 is 0 Å². The molecule has 0 saturated heterocycles. The zero-order chi connectivity index (χ0) is 11.5. The van der Waals surface area contributed by atoms with E-state index in [2.05, 4.69) is 0 Å². The van der Waals surface area contributed by atoms with Crippen LogP contribution in [0.25, 0.3) is 0 Å². The fraction of sp³-hybridized carbons (Fsp3) is 0.364. The molecule has 86 valence electrons. The normalized spacial score (nSPS) is 12.6. The molecule has 0 radical (unpaired) electrons. The third kappa shape index (κ3) is 1.68. The number of aldehydes is 1. The Morgan fingerprint density at radius 1 is 1.56 bits per heavy atom. The van der Waals surface area contributed by atoms with Crippen LogP contribution in [0, 0.1) is 5.82 Å². The molecule has 5 heteroatoms. The Bertz CT molecular complexity index is 417. The molecule has 1 aromatic carbocycles. The van der Waals surface area contributed by atoms with Crippen molar-refractivity contribution in [3.8, 4) is 17.2 Å². The Hall–Kier alpha value is -1.78. The molecule has 4 nitrogen and oxygen atoms in total. The molecule has 0 N–H and O–H groups in total. The Labute approximate surface area is 91.9 Å². The SMILES string of the molecule is COc1c(CCC=O)cc2c(c1F)OCO2. The van der Waals surface area contributed by atoms with E-state index in [1.165, 1.54) is 7.11 Å². The number of aryl methyl sites for hydroxylation is 1. The molecule has 0 saturated carbocycles. The van der Waals surface area contributed by atoms with Crippen LogP contribution in [-0.2, 0) is 11.2 Å². The quantitative estimate of drug-likeness (QED) is 0.733. The fourth-order valence-corrected chi connectivity index (χ4v) is 1.66. The van der Waals surface area contributed by atoms with Crippen molar-refractivity contribution in [2.24, 2.45) is 0 Å². The number of methoxy groups -OCH3 is 1. The van der Waals surface area contributed by atoms with Gasteiger partial charge in [0.25, 0.3) is 0 Å². The van der Waals surface area contributed by atoms with E-state index in [1.54, 1.807) is 6.07 Å². The van der Waals surface area contributed by atoms with E-state index >= 15 is 0 Å². The molecule has 1 heterocycles. The predicted octanol–water partition coefficient (Wildman–Crippen LogP) is 1.69. The summed E-state index contributed by atoms with van der Waals surface area (Å²) in [5, 5.41) is 0. The van der Waals surface area contributed by atoms with Gasteiger partial charge < -0.3 is 19.0 Å². The van der Waals surface area contributed by atoms with E-state index < -0.39 is 5.82 Å². The maximum Gasteiger partial charge on any atom is 0.231 e. The van der Waals surface area contributed by atoms with Crippen LogP contribution < -0.4 is 14.2 Å². The number of fused-ring (bicyclic) bond motifs is 1. The second-order valence-electron chi connectivity index (χ2n) is 3.32. The van der Waals surface area contributed by atoms with Gasteiger partial charge >= 0.3 is 0 Å². The minimum Gasteiger partial charge on any atom is -0.493 e. The van der Waals surface area contributed by atoms with Crippen molar-refractivity contribution in [3.63, 3.8) is 0 Å². The summed E-state index contributed by atoms with van der Waals surface area (Å²) < 4.78 is 28.9. The van der Waals surface area contributed by atoms with Crippen molar-refractivity contribution in [2.45, 2.75) is 12.8 Å². The monoisotopic (exact) mass is 226 g/mol. The second kappa shape index (κ2) is 4.38. The molecule has 0 fully saturated rings. The number of hydrogen-bond acceptors (Lipinski definition) is 4.